The molecular weight excluding hydrogens is 222 g/mol. The molecule has 0 aliphatic heterocycles. The highest BCUT2D eigenvalue weighted by atomic mass is 16.7. The Bertz CT molecular complexity index is 350. The highest BCUT2D eigenvalue weighted by Crippen LogP contribution is 2.28. The number of hydrogen-bond donors (Lipinski definition) is 1. The Hall–Kier alpha value is -1.17. The Balaban J connectivity index is 2.87. The van der Waals surface area contributed by atoms with Crippen LogP contribution in [0.5, 0.6) is 5.75 Å². The summed E-state index contributed by atoms with van der Waals surface area (Å²) in [5, 5.41) is 10.4. The molecule has 17 heavy (non-hydrogen) atoms. The second-order valence-electron chi connectivity index (χ2n) is 3.99. The maximum atomic E-state index is 10.4. The topological polar surface area (TPSA) is 60.8 Å². The molecule has 1 atom stereocenters. The van der Waals surface area contributed by atoms with E-state index in [2.05, 4.69) is 4.98 Å². The molecule has 0 fully saturated rings. The van der Waals surface area contributed by atoms with E-state index in [9.17, 15) is 5.11 Å². The molecule has 1 aromatic heterocycles. The van der Waals surface area contributed by atoms with E-state index in [4.69, 9.17) is 14.2 Å². The average molecular weight is 241 g/mol. The molecule has 1 unspecified atom stereocenters. The van der Waals surface area contributed by atoms with Gasteiger partial charge in [-0.2, -0.15) is 0 Å². The largest absolute Gasteiger partial charge is 0.495 e. The molecule has 5 nitrogen and oxygen atoms in total. The van der Waals surface area contributed by atoms with Crippen LogP contribution in [0.15, 0.2) is 18.5 Å². The van der Waals surface area contributed by atoms with Crippen LogP contribution in [0.1, 0.15) is 18.9 Å². The van der Waals surface area contributed by atoms with Gasteiger partial charge in [-0.25, -0.2) is 0 Å². The van der Waals surface area contributed by atoms with E-state index < -0.39 is 11.9 Å². The van der Waals surface area contributed by atoms with Gasteiger partial charge in [-0.1, -0.05) is 0 Å². The SMILES string of the molecule is COc1cncc(C(C)(O)CC(OC)OC)c1. The van der Waals surface area contributed by atoms with Crippen LogP contribution in [0.4, 0.5) is 0 Å². The van der Waals surface area contributed by atoms with Crippen molar-refractivity contribution in [1.82, 2.24) is 4.98 Å². The second kappa shape index (κ2) is 5.95. The fraction of sp³-hybridized carbons (Fsp3) is 0.583. The smallest absolute Gasteiger partial charge is 0.159 e. The van der Waals surface area contributed by atoms with E-state index >= 15 is 0 Å². The minimum absolute atomic E-state index is 0.314. The zero-order valence-electron chi connectivity index (χ0n) is 10.6. The van der Waals surface area contributed by atoms with Crippen molar-refractivity contribution in [3.8, 4) is 5.75 Å². The molecule has 0 aliphatic carbocycles. The molecule has 0 aromatic carbocycles. The van der Waals surface area contributed by atoms with Gasteiger partial charge < -0.3 is 19.3 Å². The Kier molecular flexibility index (Phi) is 4.86. The third kappa shape index (κ3) is 3.66. The van der Waals surface area contributed by atoms with Gasteiger partial charge in [-0.15, -0.1) is 0 Å². The molecule has 1 heterocycles. The Labute approximate surface area is 101 Å². The van der Waals surface area contributed by atoms with E-state index in [1.54, 1.807) is 32.5 Å². The second-order valence-corrected chi connectivity index (χ2v) is 3.99. The van der Waals surface area contributed by atoms with E-state index in [0.29, 0.717) is 17.7 Å². The van der Waals surface area contributed by atoms with Gasteiger partial charge in [0.2, 0.25) is 0 Å². The summed E-state index contributed by atoms with van der Waals surface area (Å²) in [6.07, 6.45) is 3.04. The predicted molar refractivity (Wildman–Crippen MR) is 62.8 cm³/mol. The number of pyridine rings is 1. The van der Waals surface area contributed by atoms with Gasteiger partial charge in [0.25, 0.3) is 0 Å². The lowest BCUT2D eigenvalue weighted by Crippen LogP contribution is -2.29. The standard InChI is InChI=1S/C12H19NO4/c1-12(14,6-11(16-3)17-4)9-5-10(15-2)8-13-7-9/h5,7-8,11,14H,6H2,1-4H3. The summed E-state index contributed by atoms with van der Waals surface area (Å²) in [5.74, 6) is 0.606. The first kappa shape index (κ1) is 13.9. The summed E-state index contributed by atoms with van der Waals surface area (Å²) in [6, 6.07) is 1.75. The maximum absolute atomic E-state index is 10.4. The summed E-state index contributed by atoms with van der Waals surface area (Å²) >= 11 is 0. The van der Waals surface area contributed by atoms with Gasteiger partial charge in [0.1, 0.15) is 5.75 Å². The molecule has 0 bridgehead atoms. The number of rotatable bonds is 6. The molecule has 0 amide bonds. The van der Waals surface area contributed by atoms with E-state index in [1.165, 1.54) is 14.2 Å². The van der Waals surface area contributed by atoms with E-state index in [1.807, 2.05) is 0 Å². The van der Waals surface area contributed by atoms with Crippen LogP contribution in [0.25, 0.3) is 0 Å². The van der Waals surface area contributed by atoms with Crippen molar-refractivity contribution in [2.75, 3.05) is 21.3 Å². The molecule has 5 heteroatoms. The fourth-order valence-electron chi connectivity index (χ4n) is 1.53. The summed E-state index contributed by atoms with van der Waals surface area (Å²) < 4.78 is 15.2. The van der Waals surface area contributed by atoms with Crippen LogP contribution >= 0.6 is 0 Å². The van der Waals surface area contributed by atoms with Crippen LogP contribution in [-0.2, 0) is 15.1 Å². The highest BCUT2D eigenvalue weighted by molar-refractivity contribution is 5.27. The number of methoxy groups -OCH3 is 3. The maximum Gasteiger partial charge on any atom is 0.159 e. The van der Waals surface area contributed by atoms with Crippen molar-refractivity contribution < 1.29 is 19.3 Å². The normalized spacial score (nSPS) is 14.7. The third-order valence-electron chi connectivity index (χ3n) is 2.66. The molecule has 0 aliphatic rings. The number of hydrogen-bond acceptors (Lipinski definition) is 5. The first-order valence-corrected chi connectivity index (χ1v) is 5.31. The molecule has 0 saturated carbocycles. The lowest BCUT2D eigenvalue weighted by Gasteiger charge is -2.27. The van der Waals surface area contributed by atoms with Gasteiger partial charge in [0.15, 0.2) is 6.29 Å². The first-order valence-electron chi connectivity index (χ1n) is 5.31. The van der Waals surface area contributed by atoms with Gasteiger partial charge in [0, 0.05) is 32.4 Å². The van der Waals surface area contributed by atoms with Crippen LogP contribution in [-0.4, -0.2) is 37.7 Å². The summed E-state index contributed by atoms with van der Waals surface area (Å²) in [4.78, 5) is 4.01. The average Bonchev–Trinajstić information content (AvgIpc) is 2.36. The number of aliphatic hydroxyl groups is 1. The quantitative estimate of drug-likeness (QED) is 0.761. The summed E-state index contributed by atoms with van der Waals surface area (Å²) in [6.45, 7) is 1.69. The molecule has 96 valence electrons. The zero-order chi connectivity index (χ0) is 12.9. The zero-order valence-corrected chi connectivity index (χ0v) is 10.6. The van der Waals surface area contributed by atoms with Gasteiger partial charge in [-0.3, -0.25) is 4.98 Å². The van der Waals surface area contributed by atoms with Crippen LogP contribution in [0, 0.1) is 0 Å². The van der Waals surface area contributed by atoms with Crippen molar-refractivity contribution in [3.63, 3.8) is 0 Å². The number of aromatic nitrogens is 1. The molecule has 1 aromatic rings. The Morgan fingerprint density at radius 3 is 2.47 bits per heavy atom. The monoisotopic (exact) mass is 241 g/mol. The number of nitrogens with zero attached hydrogens (tertiary/aromatic N) is 1. The minimum atomic E-state index is -1.09. The highest BCUT2D eigenvalue weighted by Gasteiger charge is 2.28. The van der Waals surface area contributed by atoms with Crippen LogP contribution < -0.4 is 4.74 Å². The lowest BCUT2D eigenvalue weighted by molar-refractivity contribution is -0.142. The minimum Gasteiger partial charge on any atom is -0.495 e. The lowest BCUT2D eigenvalue weighted by atomic mass is 9.93. The van der Waals surface area contributed by atoms with E-state index in [0.717, 1.165) is 0 Å². The van der Waals surface area contributed by atoms with Gasteiger partial charge in [0.05, 0.1) is 18.9 Å². The molecular formula is C12H19NO4. The van der Waals surface area contributed by atoms with Crippen LogP contribution in [0.3, 0.4) is 0 Å². The van der Waals surface area contributed by atoms with Crippen molar-refractivity contribution >= 4 is 0 Å². The first-order chi connectivity index (χ1) is 8.03. The molecule has 0 radical (unpaired) electrons. The van der Waals surface area contributed by atoms with E-state index in [-0.39, 0.29) is 0 Å². The van der Waals surface area contributed by atoms with Crippen molar-refractivity contribution in [3.05, 3.63) is 24.0 Å². The molecule has 0 spiro atoms. The molecule has 1 rings (SSSR count). The fourth-order valence-corrected chi connectivity index (χ4v) is 1.53. The summed E-state index contributed by atoms with van der Waals surface area (Å²) in [5.41, 5.74) is -0.422. The van der Waals surface area contributed by atoms with Gasteiger partial charge >= 0.3 is 0 Å². The van der Waals surface area contributed by atoms with Crippen molar-refractivity contribution in [2.24, 2.45) is 0 Å². The Morgan fingerprint density at radius 2 is 1.94 bits per heavy atom. The van der Waals surface area contributed by atoms with Gasteiger partial charge in [-0.05, 0) is 13.0 Å². The Morgan fingerprint density at radius 1 is 1.29 bits per heavy atom. The summed E-state index contributed by atoms with van der Waals surface area (Å²) in [7, 11) is 4.63. The molecule has 1 N–H and O–H groups in total. The number of ether oxygens (including phenoxy) is 3. The van der Waals surface area contributed by atoms with Crippen LogP contribution in [0.2, 0.25) is 0 Å². The van der Waals surface area contributed by atoms with Crippen molar-refractivity contribution in [2.45, 2.75) is 25.2 Å². The predicted octanol–water partition coefficient (Wildman–Crippen LogP) is 1.31. The molecule has 0 saturated heterocycles. The van der Waals surface area contributed by atoms with Crippen molar-refractivity contribution in [1.29, 1.82) is 0 Å². The third-order valence-corrected chi connectivity index (χ3v) is 2.66.